The Morgan fingerprint density at radius 1 is 0.596 bits per heavy atom. The van der Waals surface area contributed by atoms with Crippen molar-refractivity contribution in [3.63, 3.8) is 0 Å². The number of esters is 1. The van der Waals surface area contributed by atoms with E-state index in [1.54, 1.807) is 6.92 Å². The van der Waals surface area contributed by atoms with Crippen LogP contribution in [0.1, 0.15) is 51.7 Å². The van der Waals surface area contributed by atoms with Gasteiger partial charge in [-0.1, -0.05) is 123 Å². The quantitative estimate of drug-likeness (QED) is 0.144. The normalized spacial score (nSPS) is 13.0. The summed E-state index contributed by atoms with van der Waals surface area (Å²) in [6, 6.07) is 37.1. The molecule has 0 unspecified atom stereocenters. The number of benzene rings is 4. The van der Waals surface area contributed by atoms with Crippen LogP contribution in [0.2, 0.25) is 0 Å². The first-order valence-corrected chi connectivity index (χ1v) is 15.7. The predicted octanol–water partition coefficient (Wildman–Crippen LogP) is 4.36. The molecule has 7 nitrogen and oxygen atoms in total. The van der Waals surface area contributed by atoms with Gasteiger partial charge in [0.2, 0.25) is 0 Å². The number of nitrogens with two attached hydrogens (primary N) is 2. The number of aliphatic carboxylic acids is 1. The van der Waals surface area contributed by atoms with Crippen LogP contribution in [0.5, 0.6) is 0 Å². The van der Waals surface area contributed by atoms with E-state index in [-0.39, 0.29) is 65.1 Å². The second-order valence-corrected chi connectivity index (χ2v) is 12.2. The van der Waals surface area contributed by atoms with E-state index in [0.717, 1.165) is 12.0 Å². The summed E-state index contributed by atoms with van der Waals surface area (Å²) in [5, 5.41) is 8.90. The number of hydrogen-bond donors (Lipinski definition) is 3. The molecule has 47 heavy (non-hydrogen) atoms. The number of rotatable bonds is 13. The molecular formula is C39H49N2NaO5. The minimum absolute atomic E-state index is 0. The first kappa shape index (κ1) is 41.7. The van der Waals surface area contributed by atoms with Gasteiger partial charge in [-0.2, -0.15) is 0 Å². The Morgan fingerprint density at radius 3 is 1.28 bits per heavy atom. The molecule has 4 rings (SSSR count). The second-order valence-electron chi connectivity index (χ2n) is 12.2. The largest absolute Gasteiger partial charge is 1.00 e. The van der Waals surface area contributed by atoms with Gasteiger partial charge in [-0.05, 0) is 72.9 Å². The average molecular weight is 649 g/mol. The minimum atomic E-state index is -0.787. The Kier molecular flexibility index (Phi) is 19.1. The standard InChI is InChI=1S/C21H27NO2.C18H21NO2.Na.H2O/c1-15(2)24-21(23)16(3)13-20(22)14-17-9-11-19(12-10-17)18-7-5-4-6-8-18;1-13(18(20)21)11-17(19)12-14-7-9-16(10-8-14)15-5-3-2-4-6-15;;/h4-12,15-16,20H,13-14,22H2,1-3H3;2-10,13,17H,11-12,19H2,1H3,(H,20,21);;1H2/q;;+1;/p-1/t16-,20+;13-,17+;;/m11../s1. The van der Waals surface area contributed by atoms with Crippen molar-refractivity contribution in [3.05, 3.63) is 120 Å². The van der Waals surface area contributed by atoms with E-state index in [1.165, 1.54) is 27.8 Å². The molecular weight excluding hydrogens is 599 g/mol. The van der Waals surface area contributed by atoms with E-state index in [0.29, 0.717) is 19.3 Å². The molecule has 0 aromatic heterocycles. The summed E-state index contributed by atoms with van der Waals surface area (Å²) >= 11 is 0. The van der Waals surface area contributed by atoms with Crippen molar-refractivity contribution >= 4 is 11.9 Å². The fourth-order valence-electron chi connectivity index (χ4n) is 5.15. The molecule has 8 heteroatoms. The van der Waals surface area contributed by atoms with Crippen molar-refractivity contribution in [1.82, 2.24) is 0 Å². The molecule has 0 bridgehead atoms. The number of carboxylic acid groups (broad SMARTS) is 1. The molecule has 4 aromatic carbocycles. The average Bonchev–Trinajstić information content (AvgIpc) is 3.02. The molecule has 0 radical (unpaired) electrons. The van der Waals surface area contributed by atoms with Gasteiger partial charge in [0.05, 0.1) is 17.9 Å². The number of carbonyl (C=O) groups is 2. The molecule has 0 spiro atoms. The van der Waals surface area contributed by atoms with E-state index < -0.39 is 11.9 Å². The van der Waals surface area contributed by atoms with Crippen molar-refractivity contribution in [2.75, 3.05) is 0 Å². The molecule has 0 saturated carbocycles. The zero-order valence-corrected chi connectivity index (χ0v) is 30.4. The van der Waals surface area contributed by atoms with Crippen LogP contribution in [-0.4, -0.2) is 40.7 Å². The maximum absolute atomic E-state index is 11.9. The minimum Gasteiger partial charge on any atom is -0.870 e. The molecule has 0 amide bonds. The van der Waals surface area contributed by atoms with Crippen LogP contribution in [0.25, 0.3) is 22.3 Å². The molecule has 0 fully saturated rings. The van der Waals surface area contributed by atoms with Crippen LogP contribution in [0.3, 0.4) is 0 Å². The number of ether oxygens (including phenoxy) is 1. The van der Waals surface area contributed by atoms with Gasteiger partial charge in [-0.25, -0.2) is 0 Å². The Hall–Kier alpha value is -3.30. The van der Waals surface area contributed by atoms with Crippen molar-refractivity contribution in [2.45, 2.75) is 71.6 Å². The molecule has 4 atom stereocenters. The summed E-state index contributed by atoms with van der Waals surface area (Å²) in [7, 11) is 0. The zero-order chi connectivity index (χ0) is 32.8. The Morgan fingerprint density at radius 2 is 0.936 bits per heavy atom. The maximum Gasteiger partial charge on any atom is 1.00 e. The molecule has 6 N–H and O–H groups in total. The number of carbonyl (C=O) groups excluding carboxylic acids is 1. The Bertz CT molecular complexity index is 1450. The van der Waals surface area contributed by atoms with Crippen molar-refractivity contribution < 1.29 is 54.5 Å². The van der Waals surface area contributed by atoms with Crippen molar-refractivity contribution in [3.8, 4) is 22.3 Å². The van der Waals surface area contributed by atoms with Gasteiger partial charge in [0.15, 0.2) is 0 Å². The predicted molar refractivity (Wildman–Crippen MR) is 185 cm³/mol. The molecule has 0 heterocycles. The maximum atomic E-state index is 11.9. The molecule has 0 aliphatic carbocycles. The summed E-state index contributed by atoms with van der Waals surface area (Å²) in [5.74, 6) is -1.53. The van der Waals surface area contributed by atoms with Crippen molar-refractivity contribution in [2.24, 2.45) is 23.3 Å². The molecule has 0 aliphatic rings. The van der Waals surface area contributed by atoms with Crippen LogP contribution in [0, 0.1) is 11.8 Å². The van der Waals surface area contributed by atoms with Gasteiger partial charge in [-0.15, -0.1) is 0 Å². The van der Waals surface area contributed by atoms with Gasteiger partial charge >= 0.3 is 41.5 Å². The van der Waals surface area contributed by atoms with E-state index in [2.05, 4.69) is 72.8 Å². The second kappa shape index (κ2) is 21.5. The summed E-state index contributed by atoms with van der Waals surface area (Å²) in [5.41, 5.74) is 19.3. The summed E-state index contributed by atoms with van der Waals surface area (Å²) in [6.07, 6.45) is 2.50. The zero-order valence-electron chi connectivity index (χ0n) is 28.4. The Labute approximate surface area is 302 Å². The third kappa shape index (κ3) is 15.0. The smallest absolute Gasteiger partial charge is 0.870 e. The van der Waals surface area contributed by atoms with Gasteiger partial charge in [0.25, 0.3) is 0 Å². The Balaban J connectivity index is 0.000000454. The van der Waals surface area contributed by atoms with E-state index in [9.17, 15) is 9.59 Å². The molecule has 0 saturated heterocycles. The number of hydrogen-bond acceptors (Lipinski definition) is 6. The van der Waals surface area contributed by atoms with Gasteiger partial charge in [0.1, 0.15) is 0 Å². The van der Waals surface area contributed by atoms with Crippen LogP contribution >= 0.6 is 0 Å². The van der Waals surface area contributed by atoms with E-state index in [1.807, 2.05) is 57.2 Å². The summed E-state index contributed by atoms with van der Waals surface area (Å²) in [6.45, 7) is 7.29. The first-order chi connectivity index (χ1) is 21.5. The van der Waals surface area contributed by atoms with Crippen LogP contribution in [-0.2, 0) is 27.2 Å². The fourth-order valence-corrected chi connectivity index (χ4v) is 5.15. The third-order valence-electron chi connectivity index (χ3n) is 7.61. The van der Waals surface area contributed by atoms with Gasteiger partial charge in [0, 0.05) is 12.1 Å². The van der Waals surface area contributed by atoms with Crippen molar-refractivity contribution in [1.29, 1.82) is 0 Å². The van der Waals surface area contributed by atoms with Crippen LogP contribution < -0.4 is 41.0 Å². The number of carboxylic acids is 1. The first-order valence-electron chi connectivity index (χ1n) is 15.7. The molecule has 0 aliphatic heterocycles. The van der Waals surface area contributed by atoms with Gasteiger partial charge < -0.3 is 26.8 Å². The van der Waals surface area contributed by atoms with Crippen LogP contribution in [0.15, 0.2) is 109 Å². The summed E-state index contributed by atoms with van der Waals surface area (Å²) < 4.78 is 5.23. The topological polar surface area (TPSA) is 146 Å². The summed E-state index contributed by atoms with van der Waals surface area (Å²) in [4.78, 5) is 22.7. The van der Waals surface area contributed by atoms with E-state index in [4.69, 9.17) is 21.3 Å². The third-order valence-corrected chi connectivity index (χ3v) is 7.61. The SMILES string of the molecule is CC(C)OC(=O)[C@H](C)C[C@H](N)Cc1ccc(-c2ccccc2)cc1.C[C@H](C[C@H](N)Cc1ccc(-c2ccccc2)cc1)C(=O)O.[Na+].[OH-]. The monoisotopic (exact) mass is 648 g/mol. The molecule has 4 aromatic rings. The van der Waals surface area contributed by atoms with E-state index >= 15 is 0 Å². The van der Waals surface area contributed by atoms with Crippen LogP contribution in [0.4, 0.5) is 0 Å². The fraction of sp³-hybridized carbons (Fsp3) is 0.333. The van der Waals surface area contributed by atoms with Gasteiger partial charge in [-0.3, -0.25) is 9.59 Å². The molecule has 246 valence electrons.